The molecule has 1 saturated heterocycles. The Bertz CT molecular complexity index is 417. The third-order valence-corrected chi connectivity index (χ3v) is 3.24. The maximum Gasteiger partial charge on any atom is 0.269 e. The Hall–Kier alpha value is -1.62. The molecule has 1 aromatic rings. The van der Waals surface area contributed by atoms with Crippen LogP contribution >= 0.6 is 0 Å². The van der Waals surface area contributed by atoms with Gasteiger partial charge in [-0.3, -0.25) is 9.78 Å². The van der Waals surface area contributed by atoms with Crippen molar-refractivity contribution in [3.8, 4) is 0 Å². The van der Waals surface area contributed by atoms with E-state index in [9.17, 15) is 4.79 Å². The zero-order valence-corrected chi connectivity index (χ0v) is 11.3. The maximum atomic E-state index is 11.9. The summed E-state index contributed by atoms with van der Waals surface area (Å²) in [5.41, 5.74) is 1.38. The molecule has 2 heterocycles. The molecule has 0 bridgehead atoms. The van der Waals surface area contributed by atoms with E-state index in [2.05, 4.69) is 15.6 Å². The van der Waals surface area contributed by atoms with Crippen LogP contribution in [-0.2, 0) is 4.74 Å². The summed E-state index contributed by atoms with van der Waals surface area (Å²) in [6, 6.07) is 3.63. The number of nitrogens with one attached hydrogen (secondary N) is 2. The molecule has 0 spiro atoms. The lowest BCUT2D eigenvalue weighted by Gasteiger charge is -2.09. The lowest BCUT2D eigenvalue weighted by Crippen LogP contribution is -2.27. The topological polar surface area (TPSA) is 63.2 Å². The summed E-state index contributed by atoms with van der Waals surface area (Å²) in [5, 5.41) is 6.08. The molecule has 1 atom stereocenters. The van der Waals surface area contributed by atoms with Crippen LogP contribution in [0.25, 0.3) is 0 Å². The molecule has 0 saturated carbocycles. The Morgan fingerprint density at radius 1 is 1.58 bits per heavy atom. The zero-order chi connectivity index (χ0) is 13.5. The third-order valence-electron chi connectivity index (χ3n) is 3.24. The number of amides is 1. The van der Waals surface area contributed by atoms with Gasteiger partial charge in [-0.05, 0) is 37.8 Å². The van der Waals surface area contributed by atoms with Crippen LogP contribution in [0.1, 0.15) is 30.3 Å². The van der Waals surface area contributed by atoms with Gasteiger partial charge in [0.05, 0.1) is 0 Å². The molecule has 19 heavy (non-hydrogen) atoms. The summed E-state index contributed by atoms with van der Waals surface area (Å²) in [4.78, 5) is 16.0. The summed E-state index contributed by atoms with van der Waals surface area (Å²) >= 11 is 0. The van der Waals surface area contributed by atoms with Crippen molar-refractivity contribution < 1.29 is 9.53 Å². The molecule has 5 heteroatoms. The zero-order valence-electron chi connectivity index (χ0n) is 11.3. The highest BCUT2D eigenvalue weighted by atomic mass is 16.5. The van der Waals surface area contributed by atoms with Gasteiger partial charge in [-0.15, -0.1) is 0 Å². The van der Waals surface area contributed by atoms with Crippen molar-refractivity contribution in [1.29, 1.82) is 0 Å². The maximum absolute atomic E-state index is 11.9. The van der Waals surface area contributed by atoms with E-state index in [1.807, 2.05) is 13.0 Å². The van der Waals surface area contributed by atoms with Crippen LogP contribution in [-0.4, -0.2) is 37.2 Å². The lowest BCUT2D eigenvalue weighted by molar-refractivity contribution is 0.0945. The second-order valence-electron chi connectivity index (χ2n) is 4.73. The predicted molar refractivity (Wildman–Crippen MR) is 74.3 cm³/mol. The van der Waals surface area contributed by atoms with E-state index < -0.39 is 0 Å². The van der Waals surface area contributed by atoms with E-state index in [0.29, 0.717) is 18.2 Å². The summed E-state index contributed by atoms with van der Waals surface area (Å²) in [6.07, 6.45) is 3.72. The number of hydrogen-bond donors (Lipinski definition) is 2. The van der Waals surface area contributed by atoms with Crippen molar-refractivity contribution in [2.24, 2.45) is 5.92 Å². The van der Waals surface area contributed by atoms with Gasteiger partial charge in [0.1, 0.15) is 5.69 Å². The highest BCUT2D eigenvalue weighted by molar-refractivity contribution is 5.93. The first-order valence-corrected chi connectivity index (χ1v) is 6.85. The van der Waals surface area contributed by atoms with Crippen molar-refractivity contribution in [1.82, 2.24) is 10.3 Å². The largest absolute Gasteiger partial charge is 0.385 e. The fraction of sp³-hybridized carbons (Fsp3) is 0.571. The fourth-order valence-corrected chi connectivity index (χ4v) is 2.16. The number of ether oxygens (including phenoxy) is 1. The monoisotopic (exact) mass is 263 g/mol. The molecule has 0 aromatic carbocycles. The van der Waals surface area contributed by atoms with Crippen LogP contribution in [0.3, 0.4) is 0 Å². The number of nitrogens with zero attached hydrogens (tertiary/aromatic N) is 1. The fourth-order valence-electron chi connectivity index (χ4n) is 2.16. The minimum Gasteiger partial charge on any atom is -0.385 e. The van der Waals surface area contributed by atoms with Crippen LogP contribution < -0.4 is 10.6 Å². The van der Waals surface area contributed by atoms with Crippen LogP contribution in [0.4, 0.5) is 5.69 Å². The molecule has 1 fully saturated rings. The van der Waals surface area contributed by atoms with E-state index in [1.165, 1.54) is 0 Å². The first-order chi connectivity index (χ1) is 9.29. The average Bonchev–Trinajstić information content (AvgIpc) is 2.92. The molecular formula is C14H21N3O2. The molecule has 1 aliphatic heterocycles. The van der Waals surface area contributed by atoms with E-state index in [1.54, 1.807) is 12.3 Å². The number of carbonyl (C=O) groups excluding carboxylic acids is 1. The predicted octanol–water partition coefficient (Wildman–Crippen LogP) is 1.67. The van der Waals surface area contributed by atoms with Crippen LogP contribution in [0.2, 0.25) is 0 Å². The molecule has 0 aliphatic carbocycles. The van der Waals surface area contributed by atoms with Gasteiger partial charge in [-0.1, -0.05) is 0 Å². The normalized spacial score (nSPS) is 18.3. The van der Waals surface area contributed by atoms with Gasteiger partial charge >= 0.3 is 0 Å². The highest BCUT2D eigenvalue weighted by Crippen LogP contribution is 2.15. The van der Waals surface area contributed by atoms with Crippen LogP contribution in [0.15, 0.2) is 18.3 Å². The quantitative estimate of drug-likeness (QED) is 0.819. The smallest absolute Gasteiger partial charge is 0.269 e. The van der Waals surface area contributed by atoms with Gasteiger partial charge in [0.2, 0.25) is 0 Å². The number of hydrogen-bond acceptors (Lipinski definition) is 4. The van der Waals surface area contributed by atoms with Gasteiger partial charge in [0.25, 0.3) is 5.91 Å². The molecule has 104 valence electrons. The number of rotatable bonds is 6. The van der Waals surface area contributed by atoms with Crippen LogP contribution in [0, 0.1) is 5.92 Å². The molecule has 1 unspecified atom stereocenters. The first kappa shape index (κ1) is 13.8. The summed E-state index contributed by atoms with van der Waals surface area (Å²) in [5.74, 6) is 0.472. The molecule has 0 radical (unpaired) electrons. The molecule has 5 nitrogen and oxygen atoms in total. The van der Waals surface area contributed by atoms with Gasteiger partial charge in [0, 0.05) is 38.2 Å². The number of pyridine rings is 1. The third kappa shape index (κ3) is 4.21. The van der Waals surface area contributed by atoms with Crippen LogP contribution in [0.5, 0.6) is 0 Å². The van der Waals surface area contributed by atoms with E-state index >= 15 is 0 Å². The SMILES string of the molecule is CCNc1ccnc(C(=O)NCCC2CCOC2)c1. The van der Waals surface area contributed by atoms with Gasteiger partial charge in [-0.2, -0.15) is 0 Å². The molecule has 1 amide bonds. The van der Waals surface area contributed by atoms with E-state index in [-0.39, 0.29) is 5.91 Å². The molecular weight excluding hydrogens is 242 g/mol. The minimum atomic E-state index is -0.112. The summed E-state index contributed by atoms with van der Waals surface area (Å²) in [7, 11) is 0. The number of aromatic nitrogens is 1. The van der Waals surface area contributed by atoms with Gasteiger partial charge in [0.15, 0.2) is 0 Å². The van der Waals surface area contributed by atoms with E-state index in [4.69, 9.17) is 4.74 Å². The summed E-state index contributed by atoms with van der Waals surface area (Å²) < 4.78 is 5.31. The molecule has 1 aromatic heterocycles. The van der Waals surface area contributed by atoms with Crippen molar-refractivity contribution in [3.63, 3.8) is 0 Å². The average molecular weight is 263 g/mol. The van der Waals surface area contributed by atoms with Crippen molar-refractivity contribution in [2.75, 3.05) is 31.6 Å². The highest BCUT2D eigenvalue weighted by Gasteiger charge is 2.15. The molecule has 2 rings (SSSR count). The van der Waals surface area contributed by atoms with Gasteiger partial charge in [-0.25, -0.2) is 0 Å². The second-order valence-corrected chi connectivity index (χ2v) is 4.73. The first-order valence-electron chi connectivity index (χ1n) is 6.85. The van der Waals surface area contributed by atoms with Gasteiger partial charge < -0.3 is 15.4 Å². The van der Waals surface area contributed by atoms with Crippen molar-refractivity contribution in [2.45, 2.75) is 19.8 Å². The Labute approximate surface area is 113 Å². The Kier molecular flexibility index (Phi) is 5.15. The molecule has 2 N–H and O–H groups in total. The number of anilines is 1. The molecule has 1 aliphatic rings. The number of carbonyl (C=O) groups is 1. The van der Waals surface area contributed by atoms with E-state index in [0.717, 1.165) is 38.3 Å². The Morgan fingerprint density at radius 2 is 2.47 bits per heavy atom. The standard InChI is InChI=1S/C14H21N3O2/c1-2-15-12-4-7-16-13(9-12)14(18)17-6-3-11-5-8-19-10-11/h4,7,9,11H,2-3,5-6,8,10H2,1H3,(H,15,16)(H,17,18). The van der Waals surface area contributed by atoms with Crippen molar-refractivity contribution in [3.05, 3.63) is 24.0 Å². The lowest BCUT2D eigenvalue weighted by atomic mass is 10.1. The second kappa shape index (κ2) is 7.09. The minimum absolute atomic E-state index is 0.112. The van der Waals surface area contributed by atoms with Crippen molar-refractivity contribution >= 4 is 11.6 Å². The Morgan fingerprint density at radius 3 is 3.21 bits per heavy atom. The Balaban J connectivity index is 1.79. The summed E-state index contributed by atoms with van der Waals surface area (Å²) in [6.45, 7) is 5.20.